The minimum absolute atomic E-state index is 0.0303. The maximum Gasteiger partial charge on any atom is 0.315 e. The molecule has 2 rings (SSSR count). The van der Waals surface area contributed by atoms with E-state index < -0.39 is 11.4 Å². The molecule has 0 spiro atoms. The second kappa shape index (κ2) is 6.84. The first-order valence-electron chi connectivity index (χ1n) is 6.90. The molecule has 22 heavy (non-hydrogen) atoms. The number of carboxylic acids is 1. The molecule has 0 aliphatic carbocycles. The largest absolute Gasteiger partial charge is 0.481 e. The van der Waals surface area contributed by atoms with Crippen LogP contribution in [0.2, 0.25) is 0 Å². The van der Waals surface area contributed by atoms with Gasteiger partial charge in [-0.3, -0.25) is 14.3 Å². The lowest BCUT2D eigenvalue weighted by molar-refractivity contribution is -0.143. The van der Waals surface area contributed by atoms with Crippen LogP contribution in [0.3, 0.4) is 0 Å². The Labute approximate surface area is 128 Å². The number of aliphatic carboxylic acids is 1. The van der Waals surface area contributed by atoms with Gasteiger partial charge in [0.2, 0.25) is 5.91 Å². The fourth-order valence-corrected chi connectivity index (χ4v) is 2.04. The first-order chi connectivity index (χ1) is 10.5. The second-order valence-electron chi connectivity index (χ2n) is 5.19. The van der Waals surface area contributed by atoms with Crippen LogP contribution in [0.1, 0.15) is 18.9 Å². The molecule has 0 saturated carbocycles. The van der Waals surface area contributed by atoms with Gasteiger partial charge in [0.1, 0.15) is 18.1 Å². The van der Waals surface area contributed by atoms with Gasteiger partial charge < -0.3 is 10.4 Å². The number of rotatable bonds is 7. The molecule has 0 bridgehead atoms. The average molecular weight is 302 g/mol. The molecular formula is C15H18N4O3. The van der Waals surface area contributed by atoms with E-state index in [0.717, 1.165) is 0 Å². The van der Waals surface area contributed by atoms with Crippen LogP contribution >= 0.6 is 0 Å². The van der Waals surface area contributed by atoms with Crippen molar-refractivity contribution in [3.63, 3.8) is 0 Å². The van der Waals surface area contributed by atoms with E-state index in [-0.39, 0.29) is 18.9 Å². The molecule has 0 saturated heterocycles. The van der Waals surface area contributed by atoms with E-state index in [1.165, 1.54) is 12.7 Å². The molecule has 1 atom stereocenters. The van der Waals surface area contributed by atoms with Crippen molar-refractivity contribution in [2.24, 2.45) is 0 Å². The highest BCUT2D eigenvalue weighted by Gasteiger charge is 2.35. The highest BCUT2D eigenvalue weighted by Crippen LogP contribution is 2.23. The van der Waals surface area contributed by atoms with Crippen molar-refractivity contribution in [1.82, 2.24) is 20.1 Å². The van der Waals surface area contributed by atoms with Crippen LogP contribution in [0.15, 0.2) is 43.0 Å². The minimum atomic E-state index is -1.16. The van der Waals surface area contributed by atoms with Gasteiger partial charge >= 0.3 is 5.97 Å². The number of aryl methyl sites for hydroxylation is 1. The summed E-state index contributed by atoms with van der Waals surface area (Å²) < 4.78 is 1.55. The van der Waals surface area contributed by atoms with Crippen molar-refractivity contribution in [2.75, 3.05) is 6.54 Å². The van der Waals surface area contributed by atoms with E-state index >= 15 is 0 Å². The lowest BCUT2D eigenvalue weighted by Gasteiger charge is -2.25. The zero-order valence-corrected chi connectivity index (χ0v) is 12.3. The topological polar surface area (TPSA) is 97.1 Å². The number of carbonyl (C=O) groups is 2. The molecule has 0 aliphatic heterocycles. The number of amides is 1. The second-order valence-corrected chi connectivity index (χ2v) is 5.19. The van der Waals surface area contributed by atoms with Crippen LogP contribution < -0.4 is 5.32 Å². The van der Waals surface area contributed by atoms with E-state index in [0.29, 0.717) is 12.1 Å². The molecule has 1 amide bonds. The monoisotopic (exact) mass is 302 g/mol. The van der Waals surface area contributed by atoms with Gasteiger partial charge in [0.15, 0.2) is 0 Å². The first-order valence-corrected chi connectivity index (χ1v) is 6.90. The Bertz CT molecular complexity index is 628. The van der Waals surface area contributed by atoms with Gasteiger partial charge in [-0.25, -0.2) is 4.98 Å². The van der Waals surface area contributed by atoms with Crippen molar-refractivity contribution >= 4 is 11.9 Å². The lowest BCUT2D eigenvalue weighted by Crippen LogP contribution is -2.44. The van der Waals surface area contributed by atoms with Crippen LogP contribution in [0.5, 0.6) is 0 Å². The molecule has 1 unspecified atom stereocenters. The van der Waals surface area contributed by atoms with Gasteiger partial charge in [0.05, 0.1) is 6.54 Å². The van der Waals surface area contributed by atoms with Gasteiger partial charge in [-0.2, -0.15) is 5.10 Å². The molecule has 7 nitrogen and oxygen atoms in total. The number of nitrogens with zero attached hydrogens (tertiary/aromatic N) is 3. The van der Waals surface area contributed by atoms with Crippen LogP contribution in [0.4, 0.5) is 0 Å². The molecule has 0 radical (unpaired) electrons. The van der Waals surface area contributed by atoms with Crippen molar-refractivity contribution in [2.45, 2.75) is 25.3 Å². The Kier molecular flexibility index (Phi) is 4.88. The van der Waals surface area contributed by atoms with Crippen LogP contribution in [0, 0.1) is 0 Å². The smallest absolute Gasteiger partial charge is 0.315 e. The molecule has 0 fully saturated rings. The van der Waals surface area contributed by atoms with Gasteiger partial charge in [0.25, 0.3) is 0 Å². The molecular weight excluding hydrogens is 284 g/mol. The van der Waals surface area contributed by atoms with Crippen molar-refractivity contribution < 1.29 is 14.7 Å². The number of carbonyl (C=O) groups excluding carboxylic acids is 1. The first kappa shape index (κ1) is 15.7. The number of hydrogen-bond acceptors (Lipinski definition) is 4. The summed E-state index contributed by atoms with van der Waals surface area (Å²) in [7, 11) is 0. The quantitative estimate of drug-likeness (QED) is 0.789. The molecule has 116 valence electrons. The Morgan fingerprint density at radius 2 is 2.05 bits per heavy atom. The maximum atomic E-state index is 11.9. The summed E-state index contributed by atoms with van der Waals surface area (Å²) in [6.07, 6.45) is 3.14. The third-order valence-corrected chi connectivity index (χ3v) is 3.56. The predicted octanol–water partition coefficient (Wildman–Crippen LogP) is 0.827. The third kappa shape index (κ3) is 3.69. The third-order valence-electron chi connectivity index (χ3n) is 3.56. The molecule has 2 aromatic rings. The van der Waals surface area contributed by atoms with Gasteiger partial charge in [-0.1, -0.05) is 30.3 Å². The highest BCUT2D eigenvalue weighted by atomic mass is 16.4. The predicted molar refractivity (Wildman–Crippen MR) is 79.1 cm³/mol. The fraction of sp³-hybridized carbons (Fsp3) is 0.333. The Balaban J connectivity index is 1.94. The van der Waals surface area contributed by atoms with Crippen molar-refractivity contribution in [3.8, 4) is 0 Å². The summed E-state index contributed by atoms with van der Waals surface area (Å²) in [6, 6.07) is 8.87. The van der Waals surface area contributed by atoms with E-state index in [4.69, 9.17) is 0 Å². The summed E-state index contributed by atoms with van der Waals surface area (Å²) in [4.78, 5) is 27.3. The number of benzene rings is 1. The summed E-state index contributed by atoms with van der Waals surface area (Å²) in [5, 5.41) is 16.1. The number of nitrogens with one attached hydrogen (secondary N) is 1. The summed E-state index contributed by atoms with van der Waals surface area (Å²) >= 11 is 0. The number of hydrogen-bond donors (Lipinski definition) is 2. The molecule has 1 aromatic carbocycles. The number of carboxylic acid groups (broad SMARTS) is 1. The highest BCUT2D eigenvalue weighted by molar-refractivity contribution is 5.83. The average Bonchev–Trinajstić information content (AvgIpc) is 3.04. The van der Waals surface area contributed by atoms with E-state index in [9.17, 15) is 14.7 Å². The summed E-state index contributed by atoms with van der Waals surface area (Å²) in [5.74, 6) is -1.20. The van der Waals surface area contributed by atoms with Crippen LogP contribution in [-0.4, -0.2) is 38.3 Å². The van der Waals surface area contributed by atoms with Crippen molar-refractivity contribution in [1.29, 1.82) is 0 Å². The van der Waals surface area contributed by atoms with Crippen LogP contribution in [0.25, 0.3) is 0 Å². The molecule has 1 aromatic heterocycles. The maximum absolute atomic E-state index is 11.9. The van der Waals surface area contributed by atoms with Crippen LogP contribution in [-0.2, 0) is 21.5 Å². The lowest BCUT2D eigenvalue weighted by atomic mass is 9.82. The summed E-state index contributed by atoms with van der Waals surface area (Å²) in [5.41, 5.74) is -0.511. The standard InChI is InChI=1S/C15H18N4O3/c1-15(14(21)22,12-5-3-2-4-6-12)9-17-13(20)7-8-19-11-16-10-18-19/h2-6,10-11H,7-9H2,1H3,(H,17,20)(H,21,22). The SMILES string of the molecule is CC(CNC(=O)CCn1cncn1)(C(=O)O)c1ccccc1. The van der Waals surface area contributed by atoms with Gasteiger partial charge in [-0.15, -0.1) is 0 Å². The van der Waals surface area contributed by atoms with Gasteiger partial charge in [-0.05, 0) is 12.5 Å². The Morgan fingerprint density at radius 3 is 2.64 bits per heavy atom. The van der Waals surface area contributed by atoms with E-state index in [1.807, 2.05) is 6.07 Å². The van der Waals surface area contributed by atoms with E-state index in [2.05, 4.69) is 15.4 Å². The molecule has 1 heterocycles. The van der Waals surface area contributed by atoms with E-state index in [1.54, 1.807) is 35.9 Å². The Hall–Kier alpha value is -2.70. The number of aromatic nitrogens is 3. The molecule has 7 heteroatoms. The van der Waals surface area contributed by atoms with Crippen molar-refractivity contribution in [3.05, 3.63) is 48.5 Å². The normalized spacial score (nSPS) is 13.3. The summed E-state index contributed by atoms with van der Waals surface area (Å²) in [6.45, 7) is 2.03. The zero-order chi connectivity index (χ0) is 16.0. The Morgan fingerprint density at radius 1 is 1.32 bits per heavy atom. The fourth-order valence-electron chi connectivity index (χ4n) is 2.04. The van der Waals surface area contributed by atoms with Gasteiger partial charge in [0, 0.05) is 13.0 Å². The molecule has 2 N–H and O–H groups in total. The molecule has 0 aliphatic rings. The zero-order valence-electron chi connectivity index (χ0n) is 12.3. The minimum Gasteiger partial charge on any atom is -0.481 e.